The average Bonchev–Trinajstić information content (AvgIpc) is 2.79. The summed E-state index contributed by atoms with van der Waals surface area (Å²) in [5.41, 5.74) is 2.27. The summed E-state index contributed by atoms with van der Waals surface area (Å²) in [6.45, 7) is 3.38. The molecule has 1 N–H and O–H groups in total. The van der Waals surface area contributed by atoms with Gasteiger partial charge in [-0.25, -0.2) is 9.47 Å². The van der Waals surface area contributed by atoms with Crippen LogP contribution in [-0.2, 0) is 17.6 Å². The normalized spacial score (nSPS) is 16.5. The lowest BCUT2D eigenvalue weighted by Crippen LogP contribution is -2.54. The molecule has 0 atom stereocenters. The van der Waals surface area contributed by atoms with Gasteiger partial charge in [0.25, 0.3) is 5.69 Å². The van der Waals surface area contributed by atoms with Gasteiger partial charge in [-0.2, -0.15) is 4.98 Å². The zero-order valence-electron chi connectivity index (χ0n) is 18.0. The van der Waals surface area contributed by atoms with E-state index in [1.54, 1.807) is 4.68 Å². The molecule has 170 valence electrons. The molecule has 0 spiro atoms. The first kappa shape index (κ1) is 22.3. The number of nitrogens with zero attached hydrogens (tertiary/aromatic N) is 5. The average molecular weight is 459 g/mol. The summed E-state index contributed by atoms with van der Waals surface area (Å²) in [7, 11) is 2.08. The molecule has 11 heteroatoms. The second kappa shape index (κ2) is 9.70. The maximum atomic E-state index is 12.9. The number of hydrogen-bond donors (Lipinski definition) is 1. The van der Waals surface area contributed by atoms with Crippen molar-refractivity contribution in [1.82, 2.24) is 14.6 Å². The van der Waals surface area contributed by atoms with Crippen molar-refractivity contribution in [2.24, 2.45) is 0 Å². The predicted octanol–water partition coefficient (Wildman–Crippen LogP) is 1.64. The third kappa shape index (κ3) is 4.94. The molecule has 1 fully saturated rings. The largest absolute Gasteiger partial charge is 0.367 e. The number of amides is 1. The summed E-state index contributed by atoms with van der Waals surface area (Å²) in [5.74, 6) is -0.146. The molecule has 4 rings (SSSR count). The zero-order valence-corrected chi connectivity index (χ0v) is 18.8. The number of piperazine rings is 1. The van der Waals surface area contributed by atoms with Gasteiger partial charge < -0.3 is 15.2 Å². The Morgan fingerprint density at radius 3 is 2.53 bits per heavy atom. The fraction of sp³-hybridized carbons (Fsp3) is 0.476. The number of nitro groups is 1. The number of carbonyl (C=O) groups is 1. The first-order valence-corrected chi connectivity index (χ1v) is 11.7. The van der Waals surface area contributed by atoms with Gasteiger partial charge in [-0.3, -0.25) is 14.9 Å². The van der Waals surface area contributed by atoms with E-state index in [1.807, 2.05) is 0 Å². The van der Waals surface area contributed by atoms with Crippen LogP contribution in [0.3, 0.4) is 0 Å². The van der Waals surface area contributed by atoms with E-state index in [0.717, 1.165) is 63.1 Å². The number of carbonyl (C=O) groups excluding carboxylic acids is 1. The molecule has 32 heavy (non-hydrogen) atoms. The van der Waals surface area contributed by atoms with Crippen LogP contribution >= 0.6 is 11.8 Å². The maximum absolute atomic E-state index is 12.9. The summed E-state index contributed by atoms with van der Waals surface area (Å²) in [6, 6.07) is 5.69. The highest BCUT2D eigenvalue weighted by Gasteiger charge is 2.25. The highest BCUT2D eigenvalue weighted by molar-refractivity contribution is 8.00. The fourth-order valence-corrected chi connectivity index (χ4v) is 4.95. The number of thioether (sulfide) groups is 1. The number of rotatable bonds is 6. The molecule has 0 saturated carbocycles. The molecule has 2 aromatic rings. The molecular weight excluding hydrogens is 432 g/mol. The van der Waals surface area contributed by atoms with Crippen LogP contribution in [-0.4, -0.2) is 64.4 Å². The number of anilines is 1. The summed E-state index contributed by atoms with van der Waals surface area (Å²) >= 11 is 1.27. The van der Waals surface area contributed by atoms with E-state index in [4.69, 9.17) is 0 Å². The van der Waals surface area contributed by atoms with Crippen LogP contribution in [0.4, 0.5) is 11.4 Å². The summed E-state index contributed by atoms with van der Waals surface area (Å²) in [4.78, 5) is 42.2. The molecule has 0 radical (unpaired) electrons. The van der Waals surface area contributed by atoms with Crippen LogP contribution in [0, 0.1) is 10.1 Å². The van der Waals surface area contributed by atoms with Gasteiger partial charge in [0.05, 0.1) is 16.4 Å². The van der Waals surface area contributed by atoms with Gasteiger partial charge in [0.2, 0.25) is 5.91 Å². The Morgan fingerprint density at radius 2 is 1.84 bits per heavy atom. The molecule has 1 aromatic carbocycles. The molecule has 1 saturated heterocycles. The summed E-state index contributed by atoms with van der Waals surface area (Å²) < 4.78 is 1.77. The number of aromatic nitrogens is 2. The number of nitrogens with one attached hydrogen (secondary N) is 1. The molecule has 0 bridgehead atoms. The molecule has 1 amide bonds. The Labute approximate surface area is 189 Å². The van der Waals surface area contributed by atoms with Crippen molar-refractivity contribution >= 4 is 29.0 Å². The highest BCUT2D eigenvalue weighted by Crippen LogP contribution is 2.29. The van der Waals surface area contributed by atoms with Crippen molar-refractivity contribution in [3.8, 4) is 0 Å². The quantitative estimate of drug-likeness (QED) is 0.301. The topological polar surface area (TPSA) is 114 Å². The van der Waals surface area contributed by atoms with Crippen LogP contribution in [0.2, 0.25) is 0 Å². The van der Waals surface area contributed by atoms with Crippen LogP contribution < -0.4 is 16.0 Å². The third-order valence-electron chi connectivity index (χ3n) is 5.80. The first-order valence-electron chi connectivity index (χ1n) is 10.7. The number of hydrogen-bond acceptors (Lipinski definition) is 8. The minimum atomic E-state index is -0.486. The fourth-order valence-electron chi connectivity index (χ4n) is 4.08. The molecule has 10 nitrogen and oxygen atoms in total. The minimum Gasteiger partial charge on any atom is -0.325 e. The summed E-state index contributed by atoms with van der Waals surface area (Å²) in [6.07, 6.45) is 3.76. The Bertz CT molecular complexity index is 1060. The second-order valence-electron chi connectivity index (χ2n) is 8.04. The number of benzene rings is 1. The van der Waals surface area contributed by atoms with Crippen molar-refractivity contribution < 1.29 is 9.72 Å². The zero-order chi connectivity index (χ0) is 22.7. The highest BCUT2D eigenvalue weighted by atomic mass is 32.2. The van der Waals surface area contributed by atoms with Crippen molar-refractivity contribution in [2.75, 3.05) is 49.3 Å². The van der Waals surface area contributed by atoms with Gasteiger partial charge in [0.15, 0.2) is 0 Å². The Balaban J connectivity index is 1.48. The lowest BCUT2D eigenvalue weighted by atomic mass is 9.97. The van der Waals surface area contributed by atoms with Crippen LogP contribution in [0.15, 0.2) is 34.1 Å². The van der Waals surface area contributed by atoms with Crippen molar-refractivity contribution in [1.29, 1.82) is 0 Å². The van der Waals surface area contributed by atoms with E-state index in [2.05, 4.69) is 27.3 Å². The Morgan fingerprint density at radius 1 is 1.16 bits per heavy atom. The molecule has 1 aromatic heterocycles. The van der Waals surface area contributed by atoms with Crippen LogP contribution in [0.1, 0.15) is 24.1 Å². The third-order valence-corrected chi connectivity index (χ3v) is 6.81. The van der Waals surface area contributed by atoms with Gasteiger partial charge in [-0.05, 0) is 44.9 Å². The smallest absolute Gasteiger partial charge is 0.325 e. The lowest BCUT2D eigenvalue weighted by molar-refractivity contribution is -0.384. The van der Waals surface area contributed by atoms with Gasteiger partial charge >= 0.3 is 5.69 Å². The maximum Gasteiger partial charge on any atom is 0.367 e. The van der Waals surface area contributed by atoms with Gasteiger partial charge in [0, 0.05) is 49.6 Å². The standard InChI is InChI=1S/C21H26N6O4S/c1-24-10-12-25(13-11-24)26-18-5-3-2-4-17(18)20(23-21(26)29)32-14-19(28)22-15-6-8-16(9-7-15)27(30)31/h6-9H,2-5,10-14H2,1H3,(H,22,28). The Hall–Kier alpha value is -2.92. The minimum absolute atomic E-state index is 0.0332. The van der Waals surface area contributed by atoms with Crippen molar-refractivity contribution in [2.45, 2.75) is 30.7 Å². The molecule has 1 aliphatic heterocycles. The van der Waals surface area contributed by atoms with E-state index in [9.17, 15) is 19.7 Å². The molecule has 1 aliphatic carbocycles. The monoisotopic (exact) mass is 458 g/mol. The predicted molar refractivity (Wildman–Crippen MR) is 123 cm³/mol. The number of likely N-dealkylation sites (N-methyl/N-ethyl adjacent to an activating group) is 1. The Kier molecular flexibility index (Phi) is 6.75. The number of nitro benzene ring substituents is 1. The van der Waals surface area contributed by atoms with Crippen LogP contribution in [0.25, 0.3) is 0 Å². The molecule has 2 aliphatic rings. The molecular formula is C21H26N6O4S. The number of fused-ring (bicyclic) bond motifs is 1. The van der Waals surface area contributed by atoms with E-state index in [-0.39, 0.29) is 23.0 Å². The van der Waals surface area contributed by atoms with E-state index in [0.29, 0.717) is 10.7 Å². The lowest BCUT2D eigenvalue weighted by Gasteiger charge is -2.37. The second-order valence-corrected chi connectivity index (χ2v) is 9.01. The summed E-state index contributed by atoms with van der Waals surface area (Å²) in [5, 5.41) is 16.2. The van der Waals surface area contributed by atoms with Crippen molar-refractivity contribution in [3.63, 3.8) is 0 Å². The molecule has 2 heterocycles. The van der Waals surface area contributed by atoms with Crippen molar-refractivity contribution in [3.05, 3.63) is 56.1 Å². The first-order chi connectivity index (χ1) is 15.4. The van der Waals surface area contributed by atoms with E-state index in [1.165, 1.54) is 36.0 Å². The van der Waals surface area contributed by atoms with Gasteiger partial charge in [-0.1, -0.05) is 11.8 Å². The van der Waals surface area contributed by atoms with Crippen LogP contribution in [0.5, 0.6) is 0 Å². The number of non-ortho nitro benzene ring substituents is 1. The van der Waals surface area contributed by atoms with E-state index >= 15 is 0 Å². The molecule has 0 unspecified atom stereocenters. The SMILES string of the molecule is CN1CCN(n2c3c(c(SCC(=O)Nc4ccc([N+](=O)[O-])cc4)nc2=O)CCCC3)CC1. The van der Waals surface area contributed by atoms with Gasteiger partial charge in [0.1, 0.15) is 5.03 Å². The van der Waals surface area contributed by atoms with Gasteiger partial charge in [-0.15, -0.1) is 0 Å². The van der Waals surface area contributed by atoms with E-state index < -0.39 is 4.92 Å².